The second-order valence-corrected chi connectivity index (χ2v) is 6.01. The summed E-state index contributed by atoms with van der Waals surface area (Å²) in [5.74, 6) is 1.54. The third-order valence-electron chi connectivity index (χ3n) is 3.45. The second kappa shape index (κ2) is 7.11. The van der Waals surface area contributed by atoms with Gasteiger partial charge in [0, 0.05) is 21.7 Å². The van der Waals surface area contributed by atoms with E-state index >= 15 is 0 Å². The Hall–Kier alpha value is -2.24. The van der Waals surface area contributed by atoms with E-state index < -0.39 is 0 Å². The predicted molar refractivity (Wildman–Crippen MR) is 94.8 cm³/mol. The summed E-state index contributed by atoms with van der Waals surface area (Å²) in [5, 5.41) is 12.6. The largest absolute Gasteiger partial charge is 0.495 e. The molecular weight excluding hydrogens is 349 g/mol. The van der Waals surface area contributed by atoms with Crippen LogP contribution < -0.4 is 10.1 Å². The van der Waals surface area contributed by atoms with Gasteiger partial charge < -0.3 is 14.5 Å². The van der Waals surface area contributed by atoms with Crippen molar-refractivity contribution in [2.75, 3.05) is 12.4 Å². The first-order chi connectivity index (χ1) is 11.6. The van der Waals surface area contributed by atoms with Crippen LogP contribution in [0, 0.1) is 6.92 Å². The highest BCUT2D eigenvalue weighted by Crippen LogP contribution is 2.31. The molecule has 2 aromatic carbocycles. The van der Waals surface area contributed by atoms with E-state index in [1.165, 1.54) is 0 Å². The van der Waals surface area contributed by atoms with Gasteiger partial charge in [-0.3, -0.25) is 0 Å². The summed E-state index contributed by atoms with van der Waals surface area (Å²) >= 11 is 12.1. The summed E-state index contributed by atoms with van der Waals surface area (Å²) in [4.78, 5) is 0. The Bertz CT molecular complexity index is 865. The lowest BCUT2D eigenvalue weighted by molar-refractivity contribution is 0.416. The lowest BCUT2D eigenvalue weighted by atomic mass is 10.2. The van der Waals surface area contributed by atoms with Gasteiger partial charge >= 0.3 is 0 Å². The average Bonchev–Trinajstić information content (AvgIpc) is 3.04. The number of nitrogens with one attached hydrogen (secondary N) is 1. The van der Waals surface area contributed by atoms with E-state index in [-0.39, 0.29) is 0 Å². The van der Waals surface area contributed by atoms with Crippen LogP contribution in [0.4, 0.5) is 5.69 Å². The van der Waals surface area contributed by atoms with Crippen molar-refractivity contribution >= 4 is 28.9 Å². The van der Waals surface area contributed by atoms with Gasteiger partial charge in [0.25, 0.3) is 0 Å². The molecule has 124 valence electrons. The van der Waals surface area contributed by atoms with Gasteiger partial charge in [-0.05, 0) is 36.8 Å². The molecular formula is C17H15Cl2N3O2. The first kappa shape index (κ1) is 16.6. The number of aromatic nitrogens is 2. The maximum absolute atomic E-state index is 6.11. The van der Waals surface area contributed by atoms with E-state index in [1.54, 1.807) is 25.3 Å². The van der Waals surface area contributed by atoms with Crippen molar-refractivity contribution in [3.63, 3.8) is 0 Å². The smallest absolute Gasteiger partial charge is 0.247 e. The number of aryl methyl sites for hydroxylation is 1. The van der Waals surface area contributed by atoms with Gasteiger partial charge in [0.2, 0.25) is 11.8 Å². The molecule has 5 nitrogen and oxygen atoms in total. The number of methoxy groups -OCH3 is 1. The normalized spacial score (nSPS) is 10.7. The van der Waals surface area contributed by atoms with Crippen LogP contribution in [-0.2, 0) is 6.54 Å². The van der Waals surface area contributed by atoms with Crippen LogP contribution in [0.15, 0.2) is 40.8 Å². The minimum atomic E-state index is 0.366. The van der Waals surface area contributed by atoms with E-state index in [4.69, 9.17) is 32.4 Å². The highest BCUT2D eigenvalue weighted by molar-refractivity contribution is 6.31. The number of hydrogen-bond acceptors (Lipinski definition) is 5. The Labute approximate surface area is 149 Å². The fourth-order valence-corrected chi connectivity index (χ4v) is 2.55. The fraction of sp³-hybridized carbons (Fsp3) is 0.176. The zero-order valence-electron chi connectivity index (χ0n) is 13.1. The van der Waals surface area contributed by atoms with Crippen LogP contribution in [0.3, 0.4) is 0 Å². The van der Waals surface area contributed by atoms with Crippen molar-refractivity contribution in [2.45, 2.75) is 13.5 Å². The number of ether oxygens (including phenoxy) is 1. The van der Waals surface area contributed by atoms with Gasteiger partial charge in [0.15, 0.2) is 0 Å². The Balaban J connectivity index is 1.75. The molecule has 0 saturated carbocycles. The molecule has 0 spiro atoms. The number of anilines is 1. The van der Waals surface area contributed by atoms with Crippen molar-refractivity contribution < 1.29 is 9.15 Å². The van der Waals surface area contributed by atoms with Gasteiger partial charge in [-0.2, -0.15) is 0 Å². The van der Waals surface area contributed by atoms with Crippen LogP contribution in [0.5, 0.6) is 5.75 Å². The standard InChI is InChI=1S/C17H15Cl2N3O2/c1-10-6-14(15(23-2)8-13(10)19)20-9-16-21-22-17(24-16)11-4-3-5-12(18)7-11/h3-8,20H,9H2,1-2H3. The maximum Gasteiger partial charge on any atom is 0.247 e. The molecule has 0 saturated heterocycles. The molecule has 3 aromatic rings. The number of rotatable bonds is 5. The Morgan fingerprint density at radius 3 is 2.75 bits per heavy atom. The van der Waals surface area contributed by atoms with Crippen LogP contribution in [0.25, 0.3) is 11.5 Å². The summed E-state index contributed by atoms with van der Waals surface area (Å²) in [5.41, 5.74) is 2.54. The van der Waals surface area contributed by atoms with Crippen LogP contribution >= 0.6 is 23.2 Å². The Morgan fingerprint density at radius 2 is 2.00 bits per heavy atom. The van der Waals surface area contributed by atoms with Crippen LogP contribution in [-0.4, -0.2) is 17.3 Å². The molecule has 0 aliphatic heterocycles. The van der Waals surface area contributed by atoms with Crippen molar-refractivity contribution in [1.82, 2.24) is 10.2 Å². The fourth-order valence-electron chi connectivity index (χ4n) is 2.20. The predicted octanol–water partition coefficient (Wildman–Crippen LogP) is 4.97. The molecule has 7 heteroatoms. The van der Waals surface area contributed by atoms with Gasteiger partial charge in [0.1, 0.15) is 5.75 Å². The Morgan fingerprint density at radius 1 is 1.17 bits per heavy atom. The topological polar surface area (TPSA) is 60.2 Å². The summed E-state index contributed by atoms with van der Waals surface area (Å²) in [6.45, 7) is 2.29. The average molecular weight is 364 g/mol. The van der Waals surface area contributed by atoms with Crippen molar-refractivity contribution in [3.05, 3.63) is 57.9 Å². The van der Waals surface area contributed by atoms with E-state index in [1.807, 2.05) is 25.1 Å². The zero-order chi connectivity index (χ0) is 17.1. The number of halogens is 2. The number of benzene rings is 2. The lowest BCUT2D eigenvalue weighted by Gasteiger charge is -2.11. The van der Waals surface area contributed by atoms with Crippen molar-refractivity contribution in [1.29, 1.82) is 0 Å². The summed E-state index contributed by atoms with van der Waals surface area (Å²) in [7, 11) is 1.59. The molecule has 0 atom stereocenters. The minimum absolute atomic E-state index is 0.366. The minimum Gasteiger partial charge on any atom is -0.495 e. The van der Waals surface area contributed by atoms with Gasteiger partial charge in [0.05, 0.1) is 19.3 Å². The van der Waals surface area contributed by atoms with Gasteiger partial charge in [-0.15, -0.1) is 10.2 Å². The molecule has 1 heterocycles. The van der Waals surface area contributed by atoms with E-state index in [2.05, 4.69) is 15.5 Å². The molecule has 3 rings (SSSR count). The van der Waals surface area contributed by atoms with Gasteiger partial charge in [-0.25, -0.2) is 0 Å². The molecule has 24 heavy (non-hydrogen) atoms. The monoisotopic (exact) mass is 363 g/mol. The summed E-state index contributed by atoms with van der Waals surface area (Å²) in [6.07, 6.45) is 0. The number of nitrogens with zero attached hydrogens (tertiary/aromatic N) is 2. The van der Waals surface area contributed by atoms with Gasteiger partial charge in [-0.1, -0.05) is 29.3 Å². The first-order valence-electron chi connectivity index (χ1n) is 7.23. The molecule has 0 bridgehead atoms. The van der Waals surface area contributed by atoms with Crippen LogP contribution in [0.1, 0.15) is 11.5 Å². The highest BCUT2D eigenvalue weighted by Gasteiger charge is 2.11. The molecule has 0 fully saturated rings. The maximum atomic E-state index is 6.11. The molecule has 0 amide bonds. The third kappa shape index (κ3) is 3.63. The lowest BCUT2D eigenvalue weighted by Crippen LogP contribution is -2.02. The SMILES string of the molecule is COc1cc(Cl)c(C)cc1NCc1nnc(-c2cccc(Cl)c2)o1. The third-order valence-corrected chi connectivity index (χ3v) is 4.09. The van der Waals surface area contributed by atoms with Crippen molar-refractivity contribution in [3.8, 4) is 17.2 Å². The zero-order valence-corrected chi connectivity index (χ0v) is 14.6. The van der Waals surface area contributed by atoms with E-state index in [9.17, 15) is 0 Å². The molecule has 1 N–H and O–H groups in total. The molecule has 0 unspecified atom stereocenters. The second-order valence-electron chi connectivity index (χ2n) is 5.17. The van der Waals surface area contributed by atoms with Crippen LogP contribution in [0.2, 0.25) is 10.0 Å². The highest BCUT2D eigenvalue weighted by atomic mass is 35.5. The van der Waals surface area contributed by atoms with Crippen molar-refractivity contribution in [2.24, 2.45) is 0 Å². The Kier molecular flexibility index (Phi) is 4.92. The molecule has 0 radical (unpaired) electrons. The molecule has 1 aromatic heterocycles. The van der Waals surface area contributed by atoms with E-state index in [0.29, 0.717) is 34.1 Å². The molecule has 0 aliphatic carbocycles. The van der Waals surface area contributed by atoms with E-state index in [0.717, 1.165) is 16.8 Å². The first-order valence-corrected chi connectivity index (χ1v) is 7.98. The quantitative estimate of drug-likeness (QED) is 0.692. The molecule has 0 aliphatic rings. The summed E-state index contributed by atoms with van der Waals surface area (Å²) in [6, 6.07) is 10.9. The number of hydrogen-bond donors (Lipinski definition) is 1. The summed E-state index contributed by atoms with van der Waals surface area (Å²) < 4.78 is 11.0.